The van der Waals surface area contributed by atoms with E-state index in [1.165, 1.54) is 11.1 Å². The first-order chi connectivity index (χ1) is 10.6. The highest BCUT2D eigenvalue weighted by Crippen LogP contribution is 2.29. The Morgan fingerprint density at radius 1 is 1.27 bits per heavy atom. The van der Waals surface area contributed by atoms with Gasteiger partial charge in [-0.25, -0.2) is 4.79 Å². The minimum absolute atomic E-state index is 0.0458. The van der Waals surface area contributed by atoms with E-state index in [-0.39, 0.29) is 24.3 Å². The number of amides is 4. The molecule has 1 aliphatic heterocycles. The van der Waals surface area contributed by atoms with Crippen molar-refractivity contribution in [1.29, 1.82) is 0 Å². The SMILES string of the molecule is O=C(CCC1NC(=O)NC1=O)NC1CCCc2ccccc21. The van der Waals surface area contributed by atoms with Gasteiger partial charge in [0.05, 0.1) is 6.04 Å². The van der Waals surface area contributed by atoms with Crippen molar-refractivity contribution in [2.75, 3.05) is 0 Å². The average Bonchev–Trinajstić information content (AvgIpc) is 2.83. The van der Waals surface area contributed by atoms with E-state index in [2.05, 4.69) is 28.1 Å². The van der Waals surface area contributed by atoms with Crippen LogP contribution in [-0.4, -0.2) is 23.9 Å². The Morgan fingerprint density at radius 3 is 2.86 bits per heavy atom. The molecule has 1 aromatic rings. The number of aryl methyl sites for hydroxylation is 1. The summed E-state index contributed by atoms with van der Waals surface area (Å²) in [6.07, 6.45) is 3.58. The van der Waals surface area contributed by atoms with Crippen molar-refractivity contribution in [3.63, 3.8) is 0 Å². The lowest BCUT2D eigenvalue weighted by molar-refractivity contribution is -0.122. The van der Waals surface area contributed by atoms with Gasteiger partial charge in [0.2, 0.25) is 5.91 Å². The Morgan fingerprint density at radius 2 is 2.09 bits per heavy atom. The van der Waals surface area contributed by atoms with Gasteiger partial charge in [0.1, 0.15) is 6.04 Å². The monoisotopic (exact) mass is 301 g/mol. The molecule has 0 bridgehead atoms. The molecule has 0 spiro atoms. The van der Waals surface area contributed by atoms with Crippen LogP contribution in [0.5, 0.6) is 0 Å². The van der Waals surface area contributed by atoms with E-state index in [9.17, 15) is 14.4 Å². The minimum atomic E-state index is -0.600. The molecule has 6 heteroatoms. The van der Waals surface area contributed by atoms with Crippen LogP contribution in [0.4, 0.5) is 4.79 Å². The summed E-state index contributed by atoms with van der Waals surface area (Å²) in [7, 11) is 0. The lowest BCUT2D eigenvalue weighted by Crippen LogP contribution is -2.34. The average molecular weight is 301 g/mol. The van der Waals surface area contributed by atoms with Gasteiger partial charge < -0.3 is 10.6 Å². The van der Waals surface area contributed by atoms with Gasteiger partial charge in [0.25, 0.3) is 5.91 Å². The number of carbonyl (C=O) groups excluding carboxylic acids is 3. The first-order valence-electron chi connectivity index (χ1n) is 7.62. The molecular formula is C16H19N3O3. The Kier molecular flexibility index (Phi) is 4.09. The van der Waals surface area contributed by atoms with E-state index in [0.29, 0.717) is 6.42 Å². The van der Waals surface area contributed by atoms with E-state index in [0.717, 1.165) is 19.3 Å². The zero-order chi connectivity index (χ0) is 15.5. The fourth-order valence-electron chi connectivity index (χ4n) is 3.11. The molecule has 1 heterocycles. The van der Waals surface area contributed by atoms with Crippen LogP contribution in [0.3, 0.4) is 0 Å². The Hall–Kier alpha value is -2.37. The zero-order valence-corrected chi connectivity index (χ0v) is 12.2. The summed E-state index contributed by atoms with van der Waals surface area (Å²) in [5.74, 6) is -0.448. The Balaban J connectivity index is 1.54. The highest BCUT2D eigenvalue weighted by atomic mass is 16.2. The third-order valence-electron chi connectivity index (χ3n) is 4.22. The number of hydrogen-bond acceptors (Lipinski definition) is 3. The lowest BCUT2D eigenvalue weighted by Gasteiger charge is -2.26. The highest BCUT2D eigenvalue weighted by Gasteiger charge is 2.30. The molecule has 22 heavy (non-hydrogen) atoms. The van der Waals surface area contributed by atoms with Crippen LogP contribution in [0, 0.1) is 0 Å². The lowest BCUT2D eigenvalue weighted by atomic mass is 9.87. The van der Waals surface area contributed by atoms with Crippen LogP contribution in [-0.2, 0) is 16.0 Å². The number of fused-ring (bicyclic) bond motifs is 1. The summed E-state index contributed by atoms with van der Waals surface area (Å²) in [5, 5.41) is 7.70. The maximum atomic E-state index is 12.1. The summed E-state index contributed by atoms with van der Waals surface area (Å²) < 4.78 is 0. The Bertz CT molecular complexity index is 614. The van der Waals surface area contributed by atoms with E-state index >= 15 is 0 Å². The molecule has 2 unspecified atom stereocenters. The number of benzene rings is 1. The van der Waals surface area contributed by atoms with E-state index in [4.69, 9.17) is 0 Å². The van der Waals surface area contributed by atoms with Gasteiger partial charge in [-0.2, -0.15) is 0 Å². The molecule has 0 radical (unpaired) electrons. The second-order valence-corrected chi connectivity index (χ2v) is 5.77. The van der Waals surface area contributed by atoms with E-state index in [1.54, 1.807) is 0 Å². The van der Waals surface area contributed by atoms with Gasteiger partial charge in [0, 0.05) is 6.42 Å². The van der Waals surface area contributed by atoms with Crippen molar-refractivity contribution in [2.24, 2.45) is 0 Å². The molecule has 2 aliphatic rings. The smallest absolute Gasteiger partial charge is 0.322 e. The molecule has 4 amide bonds. The highest BCUT2D eigenvalue weighted by molar-refractivity contribution is 6.04. The summed E-state index contributed by atoms with van der Waals surface area (Å²) in [6.45, 7) is 0. The van der Waals surface area contributed by atoms with Crippen LogP contribution >= 0.6 is 0 Å². The summed E-state index contributed by atoms with van der Waals surface area (Å²) in [5.41, 5.74) is 2.48. The van der Waals surface area contributed by atoms with Crippen molar-refractivity contribution in [3.8, 4) is 0 Å². The van der Waals surface area contributed by atoms with Gasteiger partial charge >= 0.3 is 6.03 Å². The topological polar surface area (TPSA) is 87.3 Å². The summed E-state index contributed by atoms with van der Waals surface area (Å²) in [4.78, 5) is 34.6. The van der Waals surface area contributed by atoms with Crippen molar-refractivity contribution in [1.82, 2.24) is 16.0 Å². The van der Waals surface area contributed by atoms with Gasteiger partial charge in [-0.3, -0.25) is 14.9 Å². The Labute approximate surface area is 128 Å². The summed E-state index contributed by atoms with van der Waals surface area (Å²) >= 11 is 0. The number of imide groups is 1. The largest absolute Gasteiger partial charge is 0.349 e. The van der Waals surface area contributed by atoms with E-state index < -0.39 is 12.1 Å². The molecule has 2 atom stereocenters. The minimum Gasteiger partial charge on any atom is -0.349 e. The fraction of sp³-hybridized carbons (Fsp3) is 0.438. The third kappa shape index (κ3) is 3.10. The standard InChI is InChI=1S/C16H19N3O3/c20-14(9-8-13-15(21)19-16(22)18-13)17-12-7-3-5-10-4-1-2-6-11(10)12/h1-2,4,6,12-13H,3,5,7-9H2,(H,17,20)(H2,18,19,21,22). The first-order valence-corrected chi connectivity index (χ1v) is 7.62. The number of carbonyl (C=O) groups is 3. The number of nitrogens with one attached hydrogen (secondary N) is 3. The quantitative estimate of drug-likeness (QED) is 0.730. The first kappa shape index (κ1) is 14.6. The van der Waals surface area contributed by atoms with Crippen molar-refractivity contribution in [3.05, 3.63) is 35.4 Å². The molecular weight excluding hydrogens is 282 g/mol. The second-order valence-electron chi connectivity index (χ2n) is 5.77. The fourth-order valence-corrected chi connectivity index (χ4v) is 3.11. The van der Waals surface area contributed by atoms with Crippen molar-refractivity contribution < 1.29 is 14.4 Å². The normalized spacial score (nSPS) is 23.5. The predicted octanol–water partition coefficient (Wildman–Crippen LogP) is 1.17. The summed E-state index contributed by atoms with van der Waals surface area (Å²) in [6, 6.07) is 7.13. The second kappa shape index (κ2) is 6.17. The molecule has 3 N–H and O–H groups in total. The predicted molar refractivity (Wildman–Crippen MR) is 80.0 cm³/mol. The van der Waals surface area contributed by atoms with Crippen LogP contribution < -0.4 is 16.0 Å². The molecule has 1 fully saturated rings. The van der Waals surface area contributed by atoms with E-state index in [1.807, 2.05) is 12.1 Å². The van der Waals surface area contributed by atoms with Crippen LogP contribution in [0.15, 0.2) is 24.3 Å². The molecule has 1 aliphatic carbocycles. The third-order valence-corrected chi connectivity index (χ3v) is 4.22. The van der Waals surface area contributed by atoms with Gasteiger partial charge in [-0.05, 0) is 36.8 Å². The number of urea groups is 1. The number of rotatable bonds is 4. The zero-order valence-electron chi connectivity index (χ0n) is 12.2. The van der Waals surface area contributed by atoms with Crippen molar-refractivity contribution in [2.45, 2.75) is 44.2 Å². The maximum absolute atomic E-state index is 12.1. The molecule has 1 saturated heterocycles. The van der Waals surface area contributed by atoms with Gasteiger partial charge in [-0.1, -0.05) is 24.3 Å². The van der Waals surface area contributed by atoms with Gasteiger partial charge in [0.15, 0.2) is 0 Å². The van der Waals surface area contributed by atoms with Gasteiger partial charge in [-0.15, -0.1) is 0 Å². The molecule has 116 valence electrons. The molecule has 3 rings (SSSR count). The van der Waals surface area contributed by atoms with Crippen molar-refractivity contribution >= 4 is 17.8 Å². The molecule has 6 nitrogen and oxygen atoms in total. The molecule has 0 saturated carbocycles. The van der Waals surface area contributed by atoms with Crippen LogP contribution in [0.25, 0.3) is 0 Å². The molecule has 1 aromatic carbocycles. The maximum Gasteiger partial charge on any atom is 0.322 e. The van der Waals surface area contributed by atoms with Crippen LogP contribution in [0.2, 0.25) is 0 Å². The number of hydrogen-bond donors (Lipinski definition) is 3. The molecule has 0 aromatic heterocycles. The van der Waals surface area contributed by atoms with Crippen LogP contribution in [0.1, 0.15) is 42.9 Å².